The molecular weight excluding hydrogens is 230 g/mol. The van der Waals surface area contributed by atoms with Crippen LogP contribution in [0.3, 0.4) is 0 Å². The SMILES string of the molecule is CCCCCC=Nc1c(C(C)C)cccc1C(C)C. The molecule has 0 atom stereocenters. The van der Waals surface area contributed by atoms with E-state index in [9.17, 15) is 0 Å². The van der Waals surface area contributed by atoms with E-state index in [1.54, 1.807) is 0 Å². The normalized spacial score (nSPS) is 11.9. The lowest BCUT2D eigenvalue weighted by Crippen LogP contribution is -1.95. The van der Waals surface area contributed by atoms with Crippen LogP contribution in [0.25, 0.3) is 0 Å². The van der Waals surface area contributed by atoms with E-state index in [0.29, 0.717) is 11.8 Å². The average Bonchev–Trinajstić information content (AvgIpc) is 2.38. The zero-order chi connectivity index (χ0) is 14.3. The molecule has 19 heavy (non-hydrogen) atoms. The Balaban J connectivity index is 2.94. The van der Waals surface area contributed by atoms with Crippen molar-refractivity contribution in [1.82, 2.24) is 0 Å². The van der Waals surface area contributed by atoms with Gasteiger partial charge in [-0.3, -0.25) is 4.99 Å². The summed E-state index contributed by atoms with van der Waals surface area (Å²) >= 11 is 0. The molecule has 1 rings (SSSR count). The summed E-state index contributed by atoms with van der Waals surface area (Å²) in [7, 11) is 0. The van der Waals surface area contributed by atoms with Crippen molar-refractivity contribution in [3.05, 3.63) is 29.3 Å². The minimum absolute atomic E-state index is 0.529. The number of unbranched alkanes of at least 4 members (excludes halogenated alkanes) is 3. The summed E-state index contributed by atoms with van der Waals surface area (Å²) in [5, 5.41) is 0. The average molecular weight is 259 g/mol. The molecule has 0 radical (unpaired) electrons. The molecule has 1 nitrogen and oxygen atoms in total. The minimum atomic E-state index is 0.529. The second-order valence-electron chi connectivity index (χ2n) is 5.90. The van der Waals surface area contributed by atoms with Crippen LogP contribution in [0.2, 0.25) is 0 Å². The number of nitrogens with zero attached hydrogens (tertiary/aromatic N) is 1. The zero-order valence-electron chi connectivity index (χ0n) is 13.2. The molecule has 0 bridgehead atoms. The van der Waals surface area contributed by atoms with Crippen molar-refractivity contribution in [3.8, 4) is 0 Å². The van der Waals surface area contributed by atoms with Gasteiger partial charge in [-0.1, -0.05) is 65.7 Å². The van der Waals surface area contributed by atoms with Crippen LogP contribution in [0, 0.1) is 0 Å². The van der Waals surface area contributed by atoms with E-state index in [0.717, 1.165) is 6.42 Å². The van der Waals surface area contributed by atoms with Crippen LogP contribution in [0.15, 0.2) is 23.2 Å². The number of benzene rings is 1. The number of hydrogen-bond acceptors (Lipinski definition) is 1. The summed E-state index contributed by atoms with van der Waals surface area (Å²) < 4.78 is 0. The number of aliphatic imine (C=N–C) groups is 1. The molecule has 0 aromatic heterocycles. The Morgan fingerprint density at radius 1 is 1.00 bits per heavy atom. The Hall–Kier alpha value is -1.11. The smallest absolute Gasteiger partial charge is 0.0694 e. The minimum Gasteiger partial charge on any atom is -0.261 e. The summed E-state index contributed by atoms with van der Waals surface area (Å²) in [5.41, 5.74) is 3.96. The molecule has 0 aliphatic rings. The molecule has 1 aromatic rings. The van der Waals surface area contributed by atoms with Crippen LogP contribution in [0.1, 0.15) is 83.3 Å². The molecule has 0 N–H and O–H groups in total. The summed E-state index contributed by atoms with van der Waals surface area (Å²) in [5.74, 6) is 1.06. The summed E-state index contributed by atoms with van der Waals surface area (Å²) in [4.78, 5) is 4.80. The fraction of sp³-hybridized carbons (Fsp3) is 0.611. The Morgan fingerprint density at radius 3 is 2.05 bits per heavy atom. The predicted molar refractivity (Wildman–Crippen MR) is 86.9 cm³/mol. The highest BCUT2D eigenvalue weighted by Gasteiger charge is 2.12. The van der Waals surface area contributed by atoms with Gasteiger partial charge in [-0.2, -0.15) is 0 Å². The van der Waals surface area contributed by atoms with Gasteiger partial charge in [0, 0.05) is 6.21 Å². The zero-order valence-corrected chi connectivity index (χ0v) is 13.2. The Labute approximate surface area is 119 Å². The molecule has 0 fully saturated rings. The lowest BCUT2D eigenvalue weighted by atomic mass is 9.93. The van der Waals surface area contributed by atoms with Crippen molar-refractivity contribution in [2.75, 3.05) is 0 Å². The van der Waals surface area contributed by atoms with Crippen LogP contribution in [0.4, 0.5) is 5.69 Å². The summed E-state index contributed by atoms with van der Waals surface area (Å²) in [6, 6.07) is 6.60. The first kappa shape index (κ1) is 15.9. The van der Waals surface area contributed by atoms with E-state index in [2.05, 4.69) is 59.0 Å². The lowest BCUT2D eigenvalue weighted by Gasteiger charge is -2.16. The Morgan fingerprint density at radius 2 is 1.58 bits per heavy atom. The molecular formula is C18H29N. The van der Waals surface area contributed by atoms with Gasteiger partial charge in [0.25, 0.3) is 0 Å². The van der Waals surface area contributed by atoms with Crippen molar-refractivity contribution in [1.29, 1.82) is 0 Å². The Kier molecular flexibility index (Phi) is 6.83. The first-order chi connectivity index (χ1) is 9.07. The van der Waals surface area contributed by atoms with Crippen LogP contribution in [-0.4, -0.2) is 6.21 Å². The molecule has 1 aromatic carbocycles. The van der Waals surface area contributed by atoms with Crippen LogP contribution < -0.4 is 0 Å². The molecule has 0 saturated carbocycles. The summed E-state index contributed by atoms with van der Waals surface area (Å²) in [6.45, 7) is 11.2. The molecule has 0 heterocycles. The highest BCUT2D eigenvalue weighted by molar-refractivity contribution is 5.67. The summed E-state index contributed by atoms with van der Waals surface area (Å²) in [6.07, 6.45) is 7.03. The topological polar surface area (TPSA) is 12.4 Å². The van der Waals surface area contributed by atoms with Gasteiger partial charge in [-0.05, 0) is 35.8 Å². The van der Waals surface area contributed by atoms with Crippen molar-refractivity contribution in [3.63, 3.8) is 0 Å². The molecule has 0 saturated heterocycles. The standard InChI is InChI=1S/C18H29N/c1-6-7-8-9-13-19-18-16(14(2)3)11-10-12-17(18)15(4)5/h10-15H,6-9H2,1-5H3. The molecule has 0 unspecified atom stereocenters. The number of rotatable bonds is 7. The van der Waals surface area contributed by atoms with E-state index in [1.807, 2.05) is 0 Å². The number of para-hydroxylation sites is 1. The van der Waals surface area contributed by atoms with Crippen LogP contribution >= 0.6 is 0 Å². The van der Waals surface area contributed by atoms with E-state index >= 15 is 0 Å². The fourth-order valence-electron chi connectivity index (χ4n) is 2.30. The molecule has 106 valence electrons. The second kappa shape index (κ2) is 8.14. The van der Waals surface area contributed by atoms with Crippen molar-refractivity contribution >= 4 is 11.9 Å². The van der Waals surface area contributed by atoms with Gasteiger partial charge < -0.3 is 0 Å². The first-order valence-corrected chi connectivity index (χ1v) is 7.73. The third-order valence-corrected chi connectivity index (χ3v) is 3.50. The van der Waals surface area contributed by atoms with Gasteiger partial charge >= 0.3 is 0 Å². The molecule has 0 amide bonds. The maximum atomic E-state index is 4.80. The maximum Gasteiger partial charge on any atom is 0.0694 e. The highest BCUT2D eigenvalue weighted by atomic mass is 14.7. The van der Waals surface area contributed by atoms with E-state index in [1.165, 1.54) is 36.1 Å². The van der Waals surface area contributed by atoms with Gasteiger partial charge in [0.15, 0.2) is 0 Å². The van der Waals surface area contributed by atoms with Gasteiger partial charge in [0.1, 0.15) is 0 Å². The quantitative estimate of drug-likeness (QED) is 0.407. The van der Waals surface area contributed by atoms with E-state index < -0.39 is 0 Å². The molecule has 0 aliphatic carbocycles. The highest BCUT2D eigenvalue weighted by Crippen LogP contribution is 2.34. The lowest BCUT2D eigenvalue weighted by molar-refractivity contribution is 0.746. The van der Waals surface area contributed by atoms with E-state index in [-0.39, 0.29) is 0 Å². The van der Waals surface area contributed by atoms with Crippen LogP contribution in [-0.2, 0) is 0 Å². The van der Waals surface area contributed by atoms with Crippen molar-refractivity contribution in [2.45, 2.75) is 72.1 Å². The third kappa shape index (κ3) is 4.81. The van der Waals surface area contributed by atoms with Crippen molar-refractivity contribution < 1.29 is 0 Å². The largest absolute Gasteiger partial charge is 0.261 e. The second-order valence-corrected chi connectivity index (χ2v) is 5.90. The van der Waals surface area contributed by atoms with Gasteiger partial charge in [0.05, 0.1) is 5.69 Å². The first-order valence-electron chi connectivity index (χ1n) is 7.73. The third-order valence-electron chi connectivity index (χ3n) is 3.50. The van der Waals surface area contributed by atoms with Gasteiger partial charge in [-0.15, -0.1) is 0 Å². The molecule has 0 aliphatic heterocycles. The predicted octanol–water partition coefficient (Wildman–Crippen LogP) is 6.22. The monoisotopic (exact) mass is 259 g/mol. The van der Waals surface area contributed by atoms with Gasteiger partial charge in [-0.25, -0.2) is 0 Å². The van der Waals surface area contributed by atoms with E-state index in [4.69, 9.17) is 4.99 Å². The molecule has 1 heteroatoms. The Bertz CT molecular complexity index is 376. The maximum absolute atomic E-state index is 4.80. The van der Waals surface area contributed by atoms with Crippen molar-refractivity contribution in [2.24, 2.45) is 4.99 Å². The van der Waals surface area contributed by atoms with Gasteiger partial charge in [0.2, 0.25) is 0 Å². The molecule has 0 spiro atoms. The fourth-order valence-corrected chi connectivity index (χ4v) is 2.30. The number of hydrogen-bond donors (Lipinski definition) is 0. The van der Waals surface area contributed by atoms with Crippen LogP contribution in [0.5, 0.6) is 0 Å².